The molecule has 0 aromatic carbocycles. The van der Waals surface area contributed by atoms with E-state index in [9.17, 15) is 15.0 Å². The predicted octanol–water partition coefficient (Wildman–Crippen LogP) is 5.51. The Bertz CT molecular complexity index is 785. The molecule has 4 aliphatic carbocycles. The van der Waals surface area contributed by atoms with E-state index < -0.39 is 0 Å². The van der Waals surface area contributed by atoms with Gasteiger partial charge in [-0.3, -0.25) is 4.79 Å². The average molecular weight is 491 g/mol. The van der Waals surface area contributed by atoms with Crippen molar-refractivity contribution in [1.82, 2.24) is 0 Å². The number of hydrogen-bond acceptors (Lipinski definition) is 5. The van der Waals surface area contributed by atoms with Crippen molar-refractivity contribution in [3.05, 3.63) is 0 Å². The molecule has 200 valence electrons. The quantitative estimate of drug-likeness (QED) is 0.379. The van der Waals surface area contributed by atoms with Gasteiger partial charge in [-0.2, -0.15) is 0 Å². The molecule has 0 bridgehead atoms. The van der Waals surface area contributed by atoms with Crippen LogP contribution in [-0.2, 0) is 14.3 Å². The molecule has 4 saturated carbocycles. The van der Waals surface area contributed by atoms with E-state index >= 15 is 0 Å². The molecule has 1 heterocycles. The van der Waals surface area contributed by atoms with Gasteiger partial charge >= 0.3 is 5.97 Å². The summed E-state index contributed by atoms with van der Waals surface area (Å²) in [7, 11) is 0. The van der Waals surface area contributed by atoms with E-state index in [0.717, 1.165) is 51.0 Å². The molecule has 1 saturated heterocycles. The first kappa shape index (κ1) is 26.0. The fraction of sp³-hybridized carbons (Fsp3) is 0.967. The summed E-state index contributed by atoms with van der Waals surface area (Å²) in [4.78, 5) is 11.7. The average Bonchev–Trinajstić information content (AvgIpc) is 3.15. The highest BCUT2D eigenvalue weighted by Crippen LogP contribution is 2.68. The molecule has 5 heteroatoms. The van der Waals surface area contributed by atoms with Crippen LogP contribution in [0.4, 0.5) is 0 Å². The molecule has 1 aliphatic heterocycles. The van der Waals surface area contributed by atoms with Crippen LogP contribution >= 0.6 is 0 Å². The van der Waals surface area contributed by atoms with Crippen molar-refractivity contribution < 1.29 is 24.5 Å². The third kappa shape index (κ3) is 4.61. The van der Waals surface area contributed by atoms with Gasteiger partial charge in [-0.15, -0.1) is 0 Å². The Kier molecular flexibility index (Phi) is 7.11. The van der Waals surface area contributed by atoms with Crippen LogP contribution in [0, 0.1) is 46.3 Å². The lowest BCUT2D eigenvalue weighted by Gasteiger charge is -2.62. The lowest BCUT2D eigenvalue weighted by Crippen LogP contribution is -2.58. The highest BCUT2D eigenvalue weighted by molar-refractivity contribution is 5.71. The van der Waals surface area contributed by atoms with Crippen LogP contribution in [0.3, 0.4) is 0 Å². The number of esters is 1. The molecule has 0 amide bonds. The maximum Gasteiger partial charge on any atom is 0.308 e. The Morgan fingerprint density at radius 3 is 2.51 bits per heavy atom. The molecule has 0 radical (unpaired) electrons. The Labute approximate surface area is 212 Å². The summed E-state index contributed by atoms with van der Waals surface area (Å²) in [5.41, 5.74) is 0.272. The van der Waals surface area contributed by atoms with Gasteiger partial charge in [0.05, 0.1) is 30.8 Å². The molecule has 0 spiro atoms. The number of aliphatic hydroxyl groups is 2. The van der Waals surface area contributed by atoms with Crippen LogP contribution in [0.2, 0.25) is 0 Å². The van der Waals surface area contributed by atoms with Gasteiger partial charge in [0.15, 0.2) is 0 Å². The highest BCUT2D eigenvalue weighted by atomic mass is 16.5. The van der Waals surface area contributed by atoms with Crippen LogP contribution in [0.25, 0.3) is 0 Å². The minimum Gasteiger partial charge on any atom is -0.465 e. The lowest BCUT2D eigenvalue weighted by molar-refractivity contribution is -0.174. The topological polar surface area (TPSA) is 76.0 Å². The number of hydrogen-bond donors (Lipinski definition) is 2. The number of ether oxygens (including phenoxy) is 2. The highest BCUT2D eigenvalue weighted by Gasteiger charge is 2.62. The zero-order valence-corrected chi connectivity index (χ0v) is 22.6. The summed E-state index contributed by atoms with van der Waals surface area (Å²) < 4.78 is 11.3. The number of carbonyl (C=O) groups is 1. The van der Waals surface area contributed by atoms with Crippen molar-refractivity contribution >= 4 is 5.97 Å². The molecular formula is C30H50O5. The second kappa shape index (κ2) is 9.58. The molecule has 2 N–H and O–H groups in total. The van der Waals surface area contributed by atoms with Crippen molar-refractivity contribution in [2.75, 3.05) is 13.2 Å². The van der Waals surface area contributed by atoms with E-state index in [0.29, 0.717) is 53.4 Å². The fourth-order valence-electron chi connectivity index (χ4n) is 10.0. The predicted molar refractivity (Wildman–Crippen MR) is 136 cm³/mol. The first-order valence-corrected chi connectivity index (χ1v) is 14.7. The Morgan fingerprint density at radius 2 is 1.74 bits per heavy atom. The van der Waals surface area contributed by atoms with Gasteiger partial charge in [0, 0.05) is 13.0 Å². The van der Waals surface area contributed by atoms with E-state index in [2.05, 4.69) is 20.8 Å². The minimum atomic E-state index is -0.359. The maximum atomic E-state index is 11.7. The summed E-state index contributed by atoms with van der Waals surface area (Å²) >= 11 is 0. The molecule has 0 aromatic heterocycles. The molecule has 5 rings (SSSR count). The smallest absolute Gasteiger partial charge is 0.308 e. The lowest BCUT2D eigenvalue weighted by atomic mass is 9.43. The number of cyclic esters (lactones) is 1. The van der Waals surface area contributed by atoms with Crippen LogP contribution < -0.4 is 0 Å². The van der Waals surface area contributed by atoms with Gasteiger partial charge in [-0.1, -0.05) is 20.8 Å². The minimum absolute atomic E-state index is 0.137. The monoisotopic (exact) mass is 490 g/mol. The molecule has 0 aromatic rings. The zero-order chi connectivity index (χ0) is 25.0. The molecule has 5 fully saturated rings. The SMILES string of the molecule is CC(CCCOC1(C)CCOC(=O)C1)C1CCC2C3C(O)CC4CC(O)CCC4(C)C3CCC12C. The number of carbonyl (C=O) groups excluding carboxylic acids is 1. The van der Waals surface area contributed by atoms with Crippen molar-refractivity contribution in [2.45, 2.75) is 123 Å². The first-order chi connectivity index (χ1) is 16.6. The normalized spacial score (nSPS) is 50.6. The molecular weight excluding hydrogens is 440 g/mol. The van der Waals surface area contributed by atoms with E-state index in [1.54, 1.807) is 0 Å². The fourth-order valence-corrected chi connectivity index (χ4v) is 10.0. The summed E-state index contributed by atoms with van der Waals surface area (Å²) in [5, 5.41) is 21.7. The van der Waals surface area contributed by atoms with Gasteiger partial charge in [-0.25, -0.2) is 0 Å². The van der Waals surface area contributed by atoms with Crippen LogP contribution in [-0.4, -0.2) is 47.2 Å². The summed E-state index contributed by atoms with van der Waals surface area (Å²) in [6, 6.07) is 0. The van der Waals surface area contributed by atoms with Gasteiger partial charge in [0.1, 0.15) is 0 Å². The van der Waals surface area contributed by atoms with E-state index in [1.165, 1.54) is 32.1 Å². The van der Waals surface area contributed by atoms with Gasteiger partial charge < -0.3 is 19.7 Å². The van der Waals surface area contributed by atoms with Crippen molar-refractivity contribution in [3.63, 3.8) is 0 Å². The van der Waals surface area contributed by atoms with Gasteiger partial charge in [-0.05, 0) is 117 Å². The zero-order valence-electron chi connectivity index (χ0n) is 22.6. The second-order valence-electron chi connectivity index (χ2n) is 14.0. The van der Waals surface area contributed by atoms with Crippen LogP contribution in [0.5, 0.6) is 0 Å². The van der Waals surface area contributed by atoms with E-state index in [4.69, 9.17) is 9.47 Å². The van der Waals surface area contributed by atoms with Gasteiger partial charge in [0.2, 0.25) is 0 Å². The molecule has 5 nitrogen and oxygen atoms in total. The Morgan fingerprint density at radius 1 is 1.00 bits per heavy atom. The molecule has 35 heavy (non-hydrogen) atoms. The second-order valence-corrected chi connectivity index (χ2v) is 14.0. The largest absolute Gasteiger partial charge is 0.465 e. The Hall–Kier alpha value is -0.650. The third-order valence-electron chi connectivity index (χ3n) is 12.1. The summed E-state index contributed by atoms with van der Waals surface area (Å²) in [5.74, 6) is 3.42. The summed E-state index contributed by atoms with van der Waals surface area (Å²) in [6.45, 7) is 10.7. The summed E-state index contributed by atoms with van der Waals surface area (Å²) in [6.07, 6.45) is 12.0. The van der Waals surface area contributed by atoms with E-state index in [1.807, 2.05) is 6.92 Å². The Balaban J connectivity index is 1.20. The number of fused-ring (bicyclic) bond motifs is 5. The van der Waals surface area contributed by atoms with Crippen LogP contribution in [0.15, 0.2) is 0 Å². The van der Waals surface area contributed by atoms with E-state index in [-0.39, 0.29) is 23.8 Å². The standard InChI is InChI=1S/C30H50O5/c1-19(6-5-14-35-28(2)13-15-34-26(33)18-28)22-7-8-23-27-24(10-12-30(22,23)4)29(3)11-9-21(31)16-20(29)17-25(27)32/h19-25,27,31-32H,5-18H2,1-4H3. The van der Waals surface area contributed by atoms with Crippen molar-refractivity contribution in [3.8, 4) is 0 Å². The number of aliphatic hydroxyl groups excluding tert-OH is 2. The maximum absolute atomic E-state index is 11.7. The van der Waals surface area contributed by atoms with Crippen molar-refractivity contribution in [1.29, 1.82) is 0 Å². The first-order valence-electron chi connectivity index (χ1n) is 14.7. The van der Waals surface area contributed by atoms with Gasteiger partial charge in [0.25, 0.3) is 0 Å². The molecule has 11 unspecified atom stereocenters. The van der Waals surface area contributed by atoms with Crippen LogP contribution in [0.1, 0.15) is 105 Å². The molecule has 11 atom stereocenters. The number of rotatable bonds is 6. The third-order valence-corrected chi connectivity index (χ3v) is 12.1. The van der Waals surface area contributed by atoms with Crippen molar-refractivity contribution in [2.24, 2.45) is 46.3 Å². The molecule has 5 aliphatic rings.